The van der Waals surface area contributed by atoms with Gasteiger partial charge in [-0.15, -0.1) is 0 Å². The zero-order valence-electron chi connectivity index (χ0n) is 13.1. The molecule has 0 aromatic rings. The van der Waals surface area contributed by atoms with Gasteiger partial charge in [0.25, 0.3) is 0 Å². The molecule has 116 valence electrons. The molecular weight excluding hydrogens is 256 g/mol. The number of nitrogens with one attached hydrogen (secondary N) is 1. The van der Waals surface area contributed by atoms with Crippen LogP contribution >= 0.6 is 0 Å². The zero-order valence-corrected chi connectivity index (χ0v) is 13.1. The van der Waals surface area contributed by atoms with Crippen molar-refractivity contribution in [2.24, 2.45) is 11.3 Å². The molecule has 0 bridgehead atoms. The normalized spacial score (nSPS) is 23.7. The van der Waals surface area contributed by atoms with Crippen LogP contribution in [0.15, 0.2) is 0 Å². The highest BCUT2D eigenvalue weighted by Gasteiger charge is 2.33. The van der Waals surface area contributed by atoms with Crippen molar-refractivity contribution in [3.8, 4) is 0 Å². The second kappa shape index (κ2) is 7.07. The van der Waals surface area contributed by atoms with E-state index >= 15 is 0 Å². The van der Waals surface area contributed by atoms with E-state index in [1.54, 1.807) is 4.90 Å². The Morgan fingerprint density at radius 1 is 1.30 bits per heavy atom. The van der Waals surface area contributed by atoms with Crippen LogP contribution in [0.1, 0.15) is 47.0 Å². The number of carbonyl (C=O) groups is 2. The van der Waals surface area contributed by atoms with Crippen LogP contribution in [0, 0.1) is 11.3 Å². The first-order chi connectivity index (χ1) is 9.23. The van der Waals surface area contributed by atoms with E-state index in [9.17, 15) is 14.7 Å². The molecule has 1 aliphatic rings. The maximum absolute atomic E-state index is 12.0. The fourth-order valence-corrected chi connectivity index (χ4v) is 2.45. The standard InChI is InChI=1S/C15H28N2O3/c1-5-6-13(18)17-8-11(14(19)20)7-12(9-17)16-10-15(2,3)4/h11-12,16H,5-10H2,1-4H3,(H,19,20). The predicted molar refractivity (Wildman–Crippen MR) is 78.5 cm³/mol. The van der Waals surface area contributed by atoms with Gasteiger partial charge in [0.05, 0.1) is 5.92 Å². The van der Waals surface area contributed by atoms with Gasteiger partial charge in [-0.1, -0.05) is 27.7 Å². The summed E-state index contributed by atoms with van der Waals surface area (Å²) in [6, 6.07) is 0.0740. The van der Waals surface area contributed by atoms with Gasteiger partial charge in [-0.2, -0.15) is 0 Å². The van der Waals surface area contributed by atoms with Crippen molar-refractivity contribution in [2.45, 2.75) is 53.0 Å². The lowest BCUT2D eigenvalue weighted by molar-refractivity contribution is -0.146. The fourth-order valence-electron chi connectivity index (χ4n) is 2.45. The molecule has 1 rings (SSSR count). The summed E-state index contributed by atoms with van der Waals surface area (Å²) in [5, 5.41) is 12.7. The van der Waals surface area contributed by atoms with E-state index in [4.69, 9.17) is 0 Å². The number of carboxylic acids is 1. The van der Waals surface area contributed by atoms with Gasteiger partial charge in [0.15, 0.2) is 0 Å². The molecule has 0 radical (unpaired) electrons. The third-order valence-electron chi connectivity index (χ3n) is 3.54. The molecule has 2 unspecified atom stereocenters. The van der Waals surface area contributed by atoms with Crippen LogP contribution in [-0.2, 0) is 9.59 Å². The molecular formula is C15H28N2O3. The van der Waals surface area contributed by atoms with E-state index in [-0.39, 0.29) is 17.4 Å². The van der Waals surface area contributed by atoms with Crippen LogP contribution in [0.2, 0.25) is 0 Å². The Hall–Kier alpha value is -1.10. The molecule has 0 saturated carbocycles. The predicted octanol–water partition coefficient (Wildman–Crippen LogP) is 1.72. The van der Waals surface area contributed by atoms with E-state index in [0.29, 0.717) is 25.9 Å². The molecule has 0 aliphatic carbocycles. The molecule has 1 saturated heterocycles. The van der Waals surface area contributed by atoms with Crippen molar-refractivity contribution in [1.82, 2.24) is 10.2 Å². The maximum Gasteiger partial charge on any atom is 0.308 e. The monoisotopic (exact) mass is 284 g/mol. The average Bonchev–Trinajstić information content (AvgIpc) is 2.35. The second-order valence-electron chi connectivity index (χ2n) is 6.96. The number of carbonyl (C=O) groups excluding carboxylic acids is 1. The van der Waals surface area contributed by atoms with E-state index < -0.39 is 11.9 Å². The second-order valence-corrected chi connectivity index (χ2v) is 6.96. The molecule has 0 spiro atoms. The van der Waals surface area contributed by atoms with E-state index in [0.717, 1.165) is 13.0 Å². The van der Waals surface area contributed by atoms with Gasteiger partial charge in [0, 0.05) is 32.1 Å². The van der Waals surface area contributed by atoms with Gasteiger partial charge >= 0.3 is 5.97 Å². The number of aliphatic carboxylic acids is 1. The molecule has 2 atom stereocenters. The van der Waals surface area contributed by atoms with Crippen molar-refractivity contribution in [3.05, 3.63) is 0 Å². The molecule has 0 aromatic carbocycles. The van der Waals surface area contributed by atoms with Crippen molar-refractivity contribution < 1.29 is 14.7 Å². The summed E-state index contributed by atoms with van der Waals surface area (Å²) in [7, 11) is 0. The Kier molecular flexibility index (Phi) is 5.99. The van der Waals surface area contributed by atoms with Crippen LogP contribution in [0.5, 0.6) is 0 Å². The lowest BCUT2D eigenvalue weighted by Gasteiger charge is -2.37. The Morgan fingerprint density at radius 2 is 1.95 bits per heavy atom. The van der Waals surface area contributed by atoms with E-state index in [1.165, 1.54) is 0 Å². The summed E-state index contributed by atoms with van der Waals surface area (Å²) >= 11 is 0. The minimum Gasteiger partial charge on any atom is -0.481 e. The first-order valence-electron chi connectivity index (χ1n) is 7.47. The largest absolute Gasteiger partial charge is 0.481 e. The van der Waals surface area contributed by atoms with Gasteiger partial charge in [0.1, 0.15) is 0 Å². The highest BCUT2D eigenvalue weighted by molar-refractivity contribution is 5.78. The maximum atomic E-state index is 12.0. The number of amides is 1. The van der Waals surface area contributed by atoms with E-state index in [2.05, 4.69) is 26.1 Å². The van der Waals surface area contributed by atoms with Crippen molar-refractivity contribution in [2.75, 3.05) is 19.6 Å². The smallest absolute Gasteiger partial charge is 0.308 e. The summed E-state index contributed by atoms with van der Waals surface area (Å²) in [5.41, 5.74) is 0.147. The first kappa shape index (κ1) is 17.0. The van der Waals surface area contributed by atoms with Crippen molar-refractivity contribution in [3.63, 3.8) is 0 Å². The van der Waals surface area contributed by atoms with Crippen molar-refractivity contribution in [1.29, 1.82) is 0 Å². The van der Waals surface area contributed by atoms with Crippen LogP contribution < -0.4 is 5.32 Å². The molecule has 2 N–H and O–H groups in total. The fraction of sp³-hybridized carbons (Fsp3) is 0.867. The van der Waals surface area contributed by atoms with E-state index in [1.807, 2.05) is 6.92 Å². The topological polar surface area (TPSA) is 69.6 Å². The average molecular weight is 284 g/mol. The molecule has 5 heteroatoms. The van der Waals surface area contributed by atoms with Crippen LogP contribution in [0.25, 0.3) is 0 Å². The lowest BCUT2D eigenvalue weighted by Crippen LogP contribution is -2.53. The number of rotatable bonds is 5. The Bertz CT molecular complexity index is 350. The Labute approximate surface area is 121 Å². The van der Waals surface area contributed by atoms with Gasteiger partial charge in [-0.05, 0) is 18.3 Å². The molecule has 1 fully saturated rings. The van der Waals surface area contributed by atoms with Gasteiger partial charge in [-0.3, -0.25) is 9.59 Å². The van der Waals surface area contributed by atoms with Gasteiger partial charge in [0.2, 0.25) is 5.91 Å². The lowest BCUT2D eigenvalue weighted by atomic mass is 9.91. The molecule has 0 aromatic heterocycles. The Balaban J connectivity index is 2.65. The molecule has 1 amide bonds. The molecule has 5 nitrogen and oxygen atoms in total. The molecule has 1 heterocycles. The highest BCUT2D eigenvalue weighted by Crippen LogP contribution is 2.20. The number of hydrogen-bond acceptors (Lipinski definition) is 3. The Morgan fingerprint density at radius 3 is 2.45 bits per heavy atom. The number of nitrogens with zero attached hydrogens (tertiary/aromatic N) is 1. The van der Waals surface area contributed by atoms with Crippen LogP contribution in [-0.4, -0.2) is 47.6 Å². The summed E-state index contributed by atoms with van der Waals surface area (Å²) in [5.74, 6) is -1.19. The molecule has 20 heavy (non-hydrogen) atoms. The first-order valence-corrected chi connectivity index (χ1v) is 7.47. The van der Waals surface area contributed by atoms with Crippen LogP contribution in [0.4, 0.5) is 0 Å². The summed E-state index contributed by atoms with van der Waals surface area (Å²) < 4.78 is 0. The SMILES string of the molecule is CCCC(=O)N1CC(NCC(C)(C)C)CC(C(=O)O)C1. The zero-order chi connectivity index (χ0) is 15.3. The van der Waals surface area contributed by atoms with Gasteiger partial charge < -0.3 is 15.3 Å². The summed E-state index contributed by atoms with van der Waals surface area (Å²) in [6.07, 6.45) is 1.90. The minimum atomic E-state index is -0.804. The number of likely N-dealkylation sites (tertiary alicyclic amines) is 1. The third-order valence-corrected chi connectivity index (χ3v) is 3.54. The minimum absolute atomic E-state index is 0.0704. The van der Waals surface area contributed by atoms with Gasteiger partial charge in [-0.25, -0.2) is 0 Å². The quantitative estimate of drug-likeness (QED) is 0.806. The third kappa shape index (κ3) is 5.49. The number of hydrogen-bond donors (Lipinski definition) is 2. The van der Waals surface area contributed by atoms with Crippen molar-refractivity contribution >= 4 is 11.9 Å². The van der Waals surface area contributed by atoms with Crippen LogP contribution in [0.3, 0.4) is 0 Å². The molecule has 1 aliphatic heterocycles. The summed E-state index contributed by atoms with van der Waals surface area (Å²) in [6.45, 7) is 10.2. The summed E-state index contributed by atoms with van der Waals surface area (Å²) in [4.78, 5) is 25.0. The number of carboxylic acid groups (broad SMARTS) is 1. The number of piperidine rings is 1. The highest BCUT2D eigenvalue weighted by atomic mass is 16.4.